The number of nitrogens with two attached hydrogens (primary N) is 1. The van der Waals surface area contributed by atoms with Crippen molar-refractivity contribution < 1.29 is 22.7 Å². The molecule has 9 heteroatoms. The fourth-order valence-corrected chi connectivity index (χ4v) is 2.04. The molecule has 1 rings (SSSR count). The Labute approximate surface area is 117 Å². The van der Waals surface area contributed by atoms with Crippen LogP contribution in [0, 0.1) is 0 Å². The van der Waals surface area contributed by atoms with Crippen molar-refractivity contribution in [3.05, 3.63) is 18.0 Å². The molecule has 1 aromatic heterocycles. The molecule has 0 spiro atoms. The van der Waals surface area contributed by atoms with Gasteiger partial charge in [0.2, 0.25) is 0 Å². The second-order valence-electron chi connectivity index (χ2n) is 3.51. The first-order chi connectivity index (χ1) is 8.71. The first kappa shape index (κ1) is 16.1. The summed E-state index contributed by atoms with van der Waals surface area (Å²) >= 11 is 5.36. The van der Waals surface area contributed by atoms with Gasteiger partial charge in [-0.2, -0.15) is 13.2 Å². The molecular weight excluding hydrogens is 301 g/mol. The van der Waals surface area contributed by atoms with Gasteiger partial charge in [0.05, 0.1) is 10.6 Å². The first-order valence-corrected chi connectivity index (χ1v) is 6.54. The molecule has 0 aliphatic rings. The number of halogens is 3. The summed E-state index contributed by atoms with van der Waals surface area (Å²) in [6.45, 7) is 1.76. The Hall–Kier alpha value is -0.930. The summed E-state index contributed by atoms with van der Waals surface area (Å²) in [5.74, 6) is -2.21. The SMILES string of the molecule is CC(N)SCc1nccc(OC(=O)C(F)(F)F)c1S. The van der Waals surface area contributed by atoms with Gasteiger partial charge in [0.25, 0.3) is 0 Å². The summed E-state index contributed by atoms with van der Waals surface area (Å²) in [5.41, 5.74) is 5.94. The van der Waals surface area contributed by atoms with Crippen molar-refractivity contribution in [1.29, 1.82) is 0 Å². The largest absolute Gasteiger partial charge is 0.491 e. The maximum Gasteiger partial charge on any atom is 0.491 e. The lowest BCUT2D eigenvalue weighted by Gasteiger charge is -2.11. The Kier molecular flexibility index (Phi) is 5.50. The number of aromatic nitrogens is 1. The molecule has 0 fully saturated rings. The van der Waals surface area contributed by atoms with Gasteiger partial charge in [-0.1, -0.05) is 0 Å². The molecule has 0 aliphatic carbocycles. The zero-order valence-electron chi connectivity index (χ0n) is 9.77. The summed E-state index contributed by atoms with van der Waals surface area (Å²) in [6.07, 6.45) is -3.81. The van der Waals surface area contributed by atoms with Crippen LogP contribution in [0.2, 0.25) is 0 Å². The minimum absolute atomic E-state index is 0.0910. The lowest BCUT2D eigenvalue weighted by Crippen LogP contribution is -2.28. The average molecular weight is 312 g/mol. The molecule has 106 valence electrons. The van der Waals surface area contributed by atoms with Crippen molar-refractivity contribution in [3.63, 3.8) is 0 Å². The third kappa shape index (κ3) is 4.92. The molecule has 2 N–H and O–H groups in total. The number of thiol groups is 1. The smallest absolute Gasteiger partial charge is 0.419 e. The maximum atomic E-state index is 12.1. The van der Waals surface area contributed by atoms with Crippen molar-refractivity contribution in [2.75, 3.05) is 0 Å². The molecule has 0 saturated heterocycles. The van der Waals surface area contributed by atoms with Crippen molar-refractivity contribution in [3.8, 4) is 5.75 Å². The highest BCUT2D eigenvalue weighted by molar-refractivity contribution is 7.99. The van der Waals surface area contributed by atoms with Crippen LogP contribution in [0.3, 0.4) is 0 Å². The van der Waals surface area contributed by atoms with E-state index in [2.05, 4.69) is 22.3 Å². The number of esters is 1. The minimum Gasteiger partial charge on any atom is -0.419 e. The number of hydrogen-bond acceptors (Lipinski definition) is 6. The van der Waals surface area contributed by atoms with Crippen LogP contribution in [0.15, 0.2) is 17.2 Å². The standard InChI is InChI=1S/C10H11F3N2O2S2/c1-5(14)19-4-6-8(18)7(2-3-15-6)17-9(16)10(11,12)13/h2-3,5,18H,4,14H2,1H3. The van der Waals surface area contributed by atoms with Crippen LogP contribution in [-0.4, -0.2) is 22.5 Å². The van der Waals surface area contributed by atoms with Crippen LogP contribution in [0.4, 0.5) is 13.2 Å². The number of hydrogen-bond donors (Lipinski definition) is 2. The topological polar surface area (TPSA) is 65.2 Å². The highest BCUT2D eigenvalue weighted by Gasteiger charge is 2.41. The fourth-order valence-electron chi connectivity index (χ4n) is 1.03. The third-order valence-corrected chi connectivity index (χ3v) is 3.32. The van der Waals surface area contributed by atoms with E-state index in [4.69, 9.17) is 5.73 Å². The molecule has 0 aliphatic heterocycles. The highest BCUT2D eigenvalue weighted by Crippen LogP contribution is 2.29. The molecule has 1 aromatic rings. The van der Waals surface area contributed by atoms with E-state index in [0.29, 0.717) is 11.4 Å². The number of carbonyl (C=O) groups excluding carboxylic acids is 1. The zero-order chi connectivity index (χ0) is 14.6. The van der Waals surface area contributed by atoms with E-state index in [1.165, 1.54) is 18.0 Å². The van der Waals surface area contributed by atoms with Gasteiger partial charge in [0, 0.05) is 23.4 Å². The van der Waals surface area contributed by atoms with E-state index in [1.54, 1.807) is 6.92 Å². The molecule has 0 aromatic carbocycles. The predicted molar refractivity (Wildman–Crippen MR) is 68.1 cm³/mol. The van der Waals surface area contributed by atoms with Gasteiger partial charge in [0.1, 0.15) is 5.75 Å². The molecule has 4 nitrogen and oxygen atoms in total. The Bertz CT molecular complexity index is 467. The van der Waals surface area contributed by atoms with Crippen molar-refractivity contribution in [2.24, 2.45) is 5.73 Å². The normalized spacial score (nSPS) is 13.2. The van der Waals surface area contributed by atoms with E-state index in [0.717, 1.165) is 6.07 Å². The Morgan fingerprint density at radius 2 is 2.26 bits per heavy atom. The molecule has 1 heterocycles. The van der Waals surface area contributed by atoms with E-state index in [-0.39, 0.29) is 16.0 Å². The lowest BCUT2D eigenvalue weighted by atomic mass is 10.3. The number of ether oxygens (including phenoxy) is 1. The van der Waals surface area contributed by atoms with Crippen LogP contribution in [0.5, 0.6) is 5.75 Å². The van der Waals surface area contributed by atoms with Gasteiger partial charge in [-0.3, -0.25) is 4.98 Å². The number of pyridine rings is 1. The van der Waals surface area contributed by atoms with Crippen LogP contribution in [0.25, 0.3) is 0 Å². The lowest BCUT2D eigenvalue weighted by molar-refractivity contribution is -0.189. The second kappa shape index (κ2) is 6.49. The van der Waals surface area contributed by atoms with Crippen LogP contribution >= 0.6 is 24.4 Å². The Balaban J connectivity index is 2.86. The van der Waals surface area contributed by atoms with Crippen molar-refractivity contribution >= 4 is 30.4 Å². The quantitative estimate of drug-likeness (QED) is 0.508. The van der Waals surface area contributed by atoms with Gasteiger partial charge < -0.3 is 10.5 Å². The van der Waals surface area contributed by atoms with Crippen LogP contribution in [0.1, 0.15) is 12.6 Å². The average Bonchev–Trinajstić information content (AvgIpc) is 2.28. The summed E-state index contributed by atoms with van der Waals surface area (Å²) in [4.78, 5) is 14.8. The van der Waals surface area contributed by atoms with Crippen molar-refractivity contribution in [1.82, 2.24) is 4.98 Å². The fraction of sp³-hybridized carbons (Fsp3) is 0.400. The summed E-state index contributed by atoms with van der Waals surface area (Å²) in [5, 5.41) is -0.157. The number of alkyl halides is 3. The molecule has 0 bridgehead atoms. The zero-order valence-corrected chi connectivity index (χ0v) is 11.5. The van der Waals surface area contributed by atoms with E-state index in [9.17, 15) is 18.0 Å². The van der Waals surface area contributed by atoms with Crippen LogP contribution in [-0.2, 0) is 10.5 Å². The van der Waals surface area contributed by atoms with Gasteiger partial charge in [0.15, 0.2) is 0 Å². The van der Waals surface area contributed by atoms with Crippen molar-refractivity contribution in [2.45, 2.75) is 29.1 Å². The summed E-state index contributed by atoms with van der Waals surface area (Å²) < 4.78 is 40.5. The minimum atomic E-state index is -5.05. The second-order valence-corrected chi connectivity index (χ2v) is 5.32. The molecule has 0 saturated carbocycles. The van der Waals surface area contributed by atoms with Crippen LogP contribution < -0.4 is 10.5 Å². The molecule has 0 amide bonds. The van der Waals surface area contributed by atoms with Gasteiger partial charge in [-0.15, -0.1) is 24.4 Å². The number of rotatable bonds is 4. The predicted octanol–water partition coefficient (Wildman–Crippen LogP) is 2.38. The number of carbonyl (C=O) groups is 1. The summed E-state index contributed by atoms with van der Waals surface area (Å²) in [7, 11) is 0. The number of nitrogens with zero attached hydrogens (tertiary/aromatic N) is 1. The van der Waals surface area contributed by atoms with Gasteiger partial charge in [-0.05, 0) is 6.92 Å². The molecule has 1 unspecified atom stereocenters. The monoisotopic (exact) mass is 312 g/mol. The molecular formula is C10H11F3N2O2S2. The Morgan fingerprint density at radius 1 is 1.63 bits per heavy atom. The molecule has 1 atom stereocenters. The maximum absolute atomic E-state index is 12.1. The highest BCUT2D eigenvalue weighted by atomic mass is 32.2. The molecule has 0 radical (unpaired) electrons. The Morgan fingerprint density at radius 3 is 2.79 bits per heavy atom. The molecule has 19 heavy (non-hydrogen) atoms. The third-order valence-electron chi connectivity index (χ3n) is 1.88. The van der Waals surface area contributed by atoms with E-state index >= 15 is 0 Å². The van der Waals surface area contributed by atoms with Gasteiger partial charge >= 0.3 is 12.1 Å². The van der Waals surface area contributed by atoms with E-state index in [1.807, 2.05) is 0 Å². The number of thioether (sulfide) groups is 1. The first-order valence-electron chi connectivity index (χ1n) is 5.05. The van der Waals surface area contributed by atoms with Gasteiger partial charge in [-0.25, -0.2) is 4.79 Å². The summed E-state index contributed by atoms with van der Waals surface area (Å²) in [6, 6.07) is 1.14. The van der Waals surface area contributed by atoms with E-state index < -0.39 is 12.1 Å².